The van der Waals surface area contributed by atoms with Gasteiger partial charge in [-0.15, -0.1) is 0 Å². The highest BCUT2D eigenvalue weighted by Gasteiger charge is 2.49. The summed E-state index contributed by atoms with van der Waals surface area (Å²) in [6, 6.07) is 5.75. The summed E-state index contributed by atoms with van der Waals surface area (Å²) in [5.74, 6) is -0.0137. The number of hydrogen-bond donors (Lipinski definition) is 2. The summed E-state index contributed by atoms with van der Waals surface area (Å²) in [6.45, 7) is 3.28. The Hall–Kier alpha value is -2.75. The van der Waals surface area contributed by atoms with Gasteiger partial charge in [0.25, 0.3) is 0 Å². The van der Waals surface area contributed by atoms with Crippen molar-refractivity contribution in [2.75, 3.05) is 37.7 Å². The third-order valence-electron chi connectivity index (χ3n) is 9.91. The van der Waals surface area contributed by atoms with E-state index < -0.39 is 12.0 Å². The molecule has 4 aliphatic heterocycles. The Balaban J connectivity index is 1.23. The van der Waals surface area contributed by atoms with Crippen LogP contribution in [0.3, 0.4) is 0 Å². The first-order valence-corrected chi connectivity index (χ1v) is 15.3. The number of fused-ring (bicyclic) bond motifs is 4. The number of phenolic OH excluding ortho intramolecular Hbond substituents is 1. The van der Waals surface area contributed by atoms with Gasteiger partial charge in [0, 0.05) is 66.4 Å². The van der Waals surface area contributed by atoms with Crippen LogP contribution in [0.1, 0.15) is 56.4 Å². The lowest BCUT2D eigenvalue weighted by atomic mass is 9.95. The number of benzene rings is 1. The van der Waals surface area contributed by atoms with E-state index in [4.69, 9.17) is 21.3 Å². The second-order valence-electron chi connectivity index (χ2n) is 12.7. The normalized spacial score (nSPS) is 29.4. The van der Waals surface area contributed by atoms with Gasteiger partial charge in [-0.3, -0.25) is 9.88 Å². The zero-order valence-electron chi connectivity index (χ0n) is 22.9. The molecular formula is C31H34ClF2N5O2. The summed E-state index contributed by atoms with van der Waals surface area (Å²) >= 11 is 6.54. The lowest BCUT2D eigenvalue weighted by molar-refractivity contribution is 0.111. The second kappa shape index (κ2) is 9.64. The number of halogens is 3. The third kappa shape index (κ3) is 4.43. The van der Waals surface area contributed by atoms with E-state index in [2.05, 4.69) is 20.1 Å². The molecule has 1 saturated carbocycles. The molecule has 4 atom stereocenters. The lowest BCUT2D eigenvalue weighted by Gasteiger charge is -2.35. The molecule has 6 heterocycles. The molecule has 216 valence electrons. The molecule has 8 rings (SSSR count). The number of hydrogen-bond acceptors (Lipinski definition) is 7. The molecule has 41 heavy (non-hydrogen) atoms. The Morgan fingerprint density at radius 1 is 1.12 bits per heavy atom. The molecule has 5 aliphatic rings. The van der Waals surface area contributed by atoms with Crippen molar-refractivity contribution >= 4 is 28.2 Å². The van der Waals surface area contributed by atoms with Crippen LogP contribution in [-0.2, 0) is 0 Å². The number of piperazine rings is 1. The van der Waals surface area contributed by atoms with Gasteiger partial charge < -0.3 is 20.1 Å². The van der Waals surface area contributed by atoms with Gasteiger partial charge >= 0.3 is 0 Å². The number of ether oxygens (including phenoxy) is 1. The molecule has 2 aromatic heterocycles. The molecule has 0 spiro atoms. The maximum atomic E-state index is 16.6. The number of pyridine rings is 2. The van der Waals surface area contributed by atoms with Crippen LogP contribution in [0.2, 0.25) is 5.02 Å². The predicted molar refractivity (Wildman–Crippen MR) is 154 cm³/mol. The van der Waals surface area contributed by atoms with E-state index in [-0.39, 0.29) is 28.4 Å². The standard InChI is InChI=1S/C31H34ClF2N5O2/c32-24-9-21(40)8-22(27(24)17-2-3-17)29-28(34)30-23(12-35-29)25(38-14-19-4-5-20(15-38)36-19)10-26(37-30)41-16-31-6-1-7-39(31)13-18(33)11-31/h8-10,12,17-20,36,40H,1-7,11,13-16H2/t18-,19?,20?,31?/m0/s1. The number of aromatic hydroxyl groups is 1. The first-order valence-electron chi connectivity index (χ1n) is 14.9. The zero-order valence-corrected chi connectivity index (χ0v) is 23.6. The van der Waals surface area contributed by atoms with E-state index in [1.54, 1.807) is 12.3 Å². The number of anilines is 1. The Morgan fingerprint density at radius 3 is 2.71 bits per heavy atom. The summed E-state index contributed by atoms with van der Waals surface area (Å²) in [5, 5.41) is 15.1. The van der Waals surface area contributed by atoms with Gasteiger partial charge in [-0.1, -0.05) is 11.6 Å². The number of nitrogens with zero attached hydrogens (tertiary/aromatic N) is 4. The Bertz CT molecular complexity index is 1520. The van der Waals surface area contributed by atoms with Crippen LogP contribution >= 0.6 is 11.6 Å². The van der Waals surface area contributed by atoms with Gasteiger partial charge in [-0.2, -0.15) is 0 Å². The van der Waals surface area contributed by atoms with Crippen molar-refractivity contribution in [1.29, 1.82) is 0 Å². The molecule has 3 aromatic rings. The molecule has 2 bridgehead atoms. The van der Waals surface area contributed by atoms with Crippen LogP contribution in [0.25, 0.3) is 22.2 Å². The third-order valence-corrected chi connectivity index (χ3v) is 10.2. The van der Waals surface area contributed by atoms with E-state index in [0.717, 1.165) is 69.4 Å². The predicted octanol–water partition coefficient (Wildman–Crippen LogP) is 5.57. The second-order valence-corrected chi connectivity index (χ2v) is 13.1. The SMILES string of the molecule is Oc1cc(Cl)c(C2CC2)c(-c2ncc3c(N4CC5CCC(C4)N5)cc(OCC45CCCN4C[C@@H](F)C5)nc3c2F)c1. The number of nitrogens with one attached hydrogen (secondary N) is 1. The highest BCUT2D eigenvalue weighted by molar-refractivity contribution is 6.32. The number of alkyl halides is 1. The fourth-order valence-electron chi connectivity index (χ4n) is 7.87. The van der Waals surface area contributed by atoms with Gasteiger partial charge in [-0.05, 0) is 68.7 Å². The first kappa shape index (κ1) is 25.9. The van der Waals surface area contributed by atoms with Crippen LogP contribution in [0, 0.1) is 5.82 Å². The van der Waals surface area contributed by atoms with Crippen LogP contribution in [0.4, 0.5) is 14.5 Å². The van der Waals surface area contributed by atoms with E-state index in [1.807, 2.05) is 6.07 Å². The monoisotopic (exact) mass is 581 g/mol. The lowest BCUT2D eigenvalue weighted by Crippen LogP contribution is -2.51. The molecule has 10 heteroatoms. The Kier molecular flexibility index (Phi) is 6.10. The molecule has 3 unspecified atom stereocenters. The van der Waals surface area contributed by atoms with Gasteiger partial charge in [0.05, 0.1) is 11.2 Å². The highest BCUT2D eigenvalue weighted by Crippen LogP contribution is 2.49. The average Bonchev–Trinajstić information content (AvgIpc) is 3.52. The molecular weight excluding hydrogens is 548 g/mol. The van der Waals surface area contributed by atoms with Gasteiger partial charge in [0.1, 0.15) is 29.7 Å². The van der Waals surface area contributed by atoms with Gasteiger partial charge in [0.2, 0.25) is 5.88 Å². The van der Waals surface area contributed by atoms with Crippen molar-refractivity contribution in [3.8, 4) is 22.9 Å². The van der Waals surface area contributed by atoms with Crippen molar-refractivity contribution in [2.45, 2.75) is 74.7 Å². The van der Waals surface area contributed by atoms with E-state index in [9.17, 15) is 9.50 Å². The van der Waals surface area contributed by atoms with Gasteiger partial charge in [-0.25, -0.2) is 13.8 Å². The van der Waals surface area contributed by atoms with E-state index in [0.29, 0.717) is 53.5 Å². The number of aromatic nitrogens is 2. The molecule has 1 aromatic carbocycles. The molecule has 4 saturated heterocycles. The molecule has 1 aliphatic carbocycles. The Labute approximate surface area is 242 Å². The average molecular weight is 582 g/mol. The molecule has 0 amide bonds. The van der Waals surface area contributed by atoms with Crippen molar-refractivity contribution in [3.63, 3.8) is 0 Å². The summed E-state index contributed by atoms with van der Waals surface area (Å²) in [7, 11) is 0. The van der Waals surface area contributed by atoms with E-state index in [1.165, 1.54) is 6.07 Å². The van der Waals surface area contributed by atoms with Crippen molar-refractivity contribution in [3.05, 3.63) is 40.8 Å². The van der Waals surface area contributed by atoms with E-state index >= 15 is 4.39 Å². The minimum absolute atomic E-state index is 0.0270. The smallest absolute Gasteiger partial charge is 0.216 e. The maximum absolute atomic E-state index is 16.6. The van der Waals surface area contributed by atoms with Gasteiger partial charge in [0.15, 0.2) is 5.82 Å². The quantitative estimate of drug-likeness (QED) is 0.394. The van der Waals surface area contributed by atoms with Crippen LogP contribution < -0.4 is 15.0 Å². The summed E-state index contributed by atoms with van der Waals surface area (Å²) in [5.41, 5.74) is 2.17. The summed E-state index contributed by atoms with van der Waals surface area (Å²) < 4.78 is 37.3. The van der Waals surface area contributed by atoms with Crippen LogP contribution in [0.15, 0.2) is 24.4 Å². The van der Waals surface area contributed by atoms with Crippen LogP contribution in [0.5, 0.6) is 11.6 Å². The van der Waals surface area contributed by atoms with Crippen LogP contribution in [-0.4, -0.2) is 76.6 Å². The largest absolute Gasteiger partial charge is 0.508 e. The number of rotatable bonds is 6. The van der Waals surface area contributed by atoms with Crippen molar-refractivity contribution in [1.82, 2.24) is 20.2 Å². The minimum Gasteiger partial charge on any atom is -0.508 e. The molecule has 5 fully saturated rings. The first-order chi connectivity index (χ1) is 19.9. The summed E-state index contributed by atoms with van der Waals surface area (Å²) in [4.78, 5) is 13.8. The maximum Gasteiger partial charge on any atom is 0.216 e. The molecule has 2 N–H and O–H groups in total. The molecule has 0 radical (unpaired) electrons. The Morgan fingerprint density at radius 2 is 1.93 bits per heavy atom. The fourth-order valence-corrected chi connectivity index (χ4v) is 8.24. The zero-order chi connectivity index (χ0) is 27.9. The van der Waals surface area contributed by atoms with Crippen molar-refractivity contribution in [2.24, 2.45) is 0 Å². The minimum atomic E-state index is -0.851. The summed E-state index contributed by atoms with van der Waals surface area (Å²) in [6.07, 6.45) is 7.39. The van der Waals surface area contributed by atoms with Crippen molar-refractivity contribution < 1.29 is 18.6 Å². The molecule has 7 nitrogen and oxygen atoms in total. The topological polar surface area (TPSA) is 73.8 Å². The number of phenols is 1. The fraction of sp³-hybridized carbons (Fsp3) is 0.548. The highest BCUT2D eigenvalue weighted by atomic mass is 35.5.